The molecule has 3 rings (SSSR count). The molecule has 0 saturated carbocycles. The van der Waals surface area contributed by atoms with E-state index in [9.17, 15) is 9.59 Å². The Balaban J connectivity index is 1.58. The third kappa shape index (κ3) is 6.30. The van der Waals surface area contributed by atoms with Gasteiger partial charge in [-0.1, -0.05) is 18.2 Å². The Morgan fingerprint density at radius 3 is 2.53 bits per heavy atom. The fraction of sp³-hybridized carbons (Fsp3) is 0.409. The van der Waals surface area contributed by atoms with Crippen LogP contribution in [0.15, 0.2) is 53.1 Å². The van der Waals surface area contributed by atoms with E-state index in [4.69, 9.17) is 0 Å². The number of halogens is 1. The first kappa shape index (κ1) is 22.8. The molecule has 2 aromatic rings. The standard InChI is InChI=1S/C22H27BrN4O2S/c1-30-15-9-20(25-21(28)18-7-2-3-8-19(18)23)22(29)27-13-11-26(12-14-27)16-17-6-4-5-10-24-17/h2-8,10,20H,9,11-16H2,1H3,(H,25,28). The average molecular weight is 491 g/mol. The number of carbonyl (C=O) groups excluding carboxylic acids is 2. The lowest BCUT2D eigenvalue weighted by molar-refractivity contribution is -0.135. The third-order valence-corrected chi connectivity index (χ3v) is 6.46. The topological polar surface area (TPSA) is 65.5 Å². The zero-order valence-electron chi connectivity index (χ0n) is 17.1. The highest BCUT2D eigenvalue weighted by Crippen LogP contribution is 2.17. The first-order chi connectivity index (χ1) is 14.6. The number of thioether (sulfide) groups is 1. The van der Waals surface area contributed by atoms with Gasteiger partial charge in [0.25, 0.3) is 5.91 Å². The van der Waals surface area contributed by atoms with Crippen LogP contribution in [0, 0.1) is 0 Å². The van der Waals surface area contributed by atoms with Crippen LogP contribution in [-0.2, 0) is 11.3 Å². The summed E-state index contributed by atoms with van der Waals surface area (Å²) in [5.74, 6) is 0.587. The first-order valence-corrected chi connectivity index (χ1v) is 12.2. The quantitative estimate of drug-likeness (QED) is 0.615. The van der Waals surface area contributed by atoms with Gasteiger partial charge in [-0.2, -0.15) is 11.8 Å². The molecule has 1 aromatic carbocycles. The van der Waals surface area contributed by atoms with Crippen molar-refractivity contribution in [3.8, 4) is 0 Å². The summed E-state index contributed by atoms with van der Waals surface area (Å²) >= 11 is 5.09. The molecule has 6 nitrogen and oxygen atoms in total. The molecule has 1 saturated heterocycles. The van der Waals surface area contributed by atoms with E-state index in [1.54, 1.807) is 24.0 Å². The molecule has 1 N–H and O–H groups in total. The second-order valence-corrected chi connectivity index (χ2v) is 9.05. The molecule has 2 amide bonds. The van der Waals surface area contributed by atoms with Crippen LogP contribution in [-0.4, -0.2) is 70.8 Å². The predicted molar refractivity (Wildman–Crippen MR) is 124 cm³/mol. The number of benzene rings is 1. The lowest BCUT2D eigenvalue weighted by atomic mass is 10.1. The lowest BCUT2D eigenvalue weighted by Gasteiger charge is -2.36. The maximum Gasteiger partial charge on any atom is 0.253 e. The molecular weight excluding hydrogens is 464 g/mol. The molecule has 1 aliphatic heterocycles. The van der Waals surface area contributed by atoms with Crippen molar-refractivity contribution in [3.05, 3.63) is 64.4 Å². The zero-order chi connectivity index (χ0) is 21.3. The van der Waals surface area contributed by atoms with Gasteiger partial charge >= 0.3 is 0 Å². The van der Waals surface area contributed by atoms with Gasteiger partial charge in [-0.05, 0) is 58.6 Å². The van der Waals surface area contributed by atoms with Crippen molar-refractivity contribution < 1.29 is 9.59 Å². The fourth-order valence-corrected chi connectivity index (χ4v) is 4.38. The molecule has 1 aromatic heterocycles. The number of piperazine rings is 1. The summed E-state index contributed by atoms with van der Waals surface area (Å²) in [7, 11) is 0. The largest absolute Gasteiger partial charge is 0.340 e. The van der Waals surface area contributed by atoms with E-state index in [-0.39, 0.29) is 11.8 Å². The van der Waals surface area contributed by atoms with Crippen LogP contribution in [0.3, 0.4) is 0 Å². The molecule has 30 heavy (non-hydrogen) atoms. The van der Waals surface area contributed by atoms with E-state index in [0.29, 0.717) is 25.1 Å². The van der Waals surface area contributed by atoms with Gasteiger partial charge in [0.15, 0.2) is 0 Å². The molecular formula is C22H27BrN4O2S. The number of rotatable bonds is 8. The van der Waals surface area contributed by atoms with Crippen molar-refractivity contribution in [1.82, 2.24) is 20.1 Å². The number of nitrogens with zero attached hydrogens (tertiary/aromatic N) is 3. The average Bonchev–Trinajstić information content (AvgIpc) is 2.77. The maximum atomic E-state index is 13.2. The molecule has 8 heteroatoms. The number of amides is 2. The number of hydrogen-bond acceptors (Lipinski definition) is 5. The van der Waals surface area contributed by atoms with Gasteiger partial charge in [0, 0.05) is 43.4 Å². The van der Waals surface area contributed by atoms with Crippen LogP contribution in [0.1, 0.15) is 22.5 Å². The van der Waals surface area contributed by atoms with E-state index >= 15 is 0 Å². The van der Waals surface area contributed by atoms with Gasteiger partial charge in [-0.3, -0.25) is 19.5 Å². The molecule has 0 radical (unpaired) electrons. The Kier molecular flexibility index (Phi) is 8.72. The Bertz CT molecular complexity index is 844. The zero-order valence-corrected chi connectivity index (χ0v) is 19.5. The number of aromatic nitrogens is 1. The molecule has 160 valence electrons. The molecule has 1 unspecified atom stereocenters. The predicted octanol–water partition coefficient (Wildman–Crippen LogP) is 3.04. The molecule has 2 heterocycles. The number of carbonyl (C=O) groups is 2. The molecule has 0 aliphatic carbocycles. The number of hydrogen-bond donors (Lipinski definition) is 1. The van der Waals surface area contributed by atoms with Gasteiger partial charge < -0.3 is 10.2 Å². The first-order valence-electron chi connectivity index (χ1n) is 10.0. The highest BCUT2D eigenvalue weighted by atomic mass is 79.9. The fourth-order valence-electron chi connectivity index (χ4n) is 3.44. The summed E-state index contributed by atoms with van der Waals surface area (Å²) < 4.78 is 0.724. The van der Waals surface area contributed by atoms with Crippen molar-refractivity contribution >= 4 is 39.5 Å². The van der Waals surface area contributed by atoms with Crippen LogP contribution in [0.5, 0.6) is 0 Å². The summed E-state index contributed by atoms with van der Waals surface area (Å²) in [6.45, 7) is 3.71. The minimum absolute atomic E-state index is 0.00180. The van der Waals surface area contributed by atoms with Gasteiger partial charge in [0.05, 0.1) is 11.3 Å². The minimum atomic E-state index is -0.514. The van der Waals surface area contributed by atoms with Crippen molar-refractivity contribution in [1.29, 1.82) is 0 Å². The monoisotopic (exact) mass is 490 g/mol. The summed E-state index contributed by atoms with van der Waals surface area (Å²) in [6.07, 6.45) is 4.43. The number of nitrogens with one attached hydrogen (secondary N) is 1. The SMILES string of the molecule is CSCCC(NC(=O)c1ccccc1Br)C(=O)N1CCN(Cc2ccccn2)CC1. The molecule has 1 aliphatic rings. The normalized spacial score (nSPS) is 15.6. The third-order valence-electron chi connectivity index (χ3n) is 5.13. The molecule has 0 bridgehead atoms. The highest BCUT2D eigenvalue weighted by Gasteiger charge is 2.29. The van der Waals surface area contributed by atoms with Crippen LogP contribution >= 0.6 is 27.7 Å². The maximum absolute atomic E-state index is 13.2. The van der Waals surface area contributed by atoms with E-state index < -0.39 is 6.04 Å². The van der Waals surface area contributed by atoms with Crippen LogP contribution in [0.4, 0.5) is 0 Å². The Hall–Kier alpha value is -1.90. The summed E-state index contributed by atoms with van der Waals surface area (Å²) in [5.41, 5.74) is 1.58. The van der Waals surface area contributed by atoms with E-state index in [1.165, 1.54) is 0 Å². The van der Waals surface area contributed by atoms with E-state index in [0.717, 1.165) is 35.6 Å². The van der Waals surface area contributed by atoms with Crippen LogP contribution in [0.25, 0.3) is 0 Å². The van der Waals surface area contributed by atoms with Gasteiger partial charge in [0.2, 0.25) is 5.91 Å². The van der Waals surface area contributed by atoms with Crippen molar-refractivity contribution in [2.45, 2.75) is 19.0 Å². The van der Waals surface area contributed by atoms with Crippen LogP contribution < -0.4 is 5.32 Å². The summed E-state index contributed by atoms with van der Waals surface area (Å²) in [6, 6.07) is 12.7. The van der Waals surface area contributed by atoms with E-state index in [2.05, 4.69) is 31.1 Å². The van der Waals surface area contributed by atoms with Crippen molar-refractivity contribution in [2.24, 2.45) is 0 Å². The number of pyridine rings is 1. The molecule has 1 fully saturated rings. The molecule has 1 atom stereocenters. The van der Waals surface area contributed by atoms with Crippen molar-refractivity contribution in [3.63, 3.8) is 0 Å². The summed E-state index contributed by atoms with van der Waals surface area (Å²) in [4.78, 5) is 34.5. The van der Waals surface area contributed by atoms with Gasteiger partial charge in [-0.15, -0.1) is 0 Å². The Morgan fingerprint density at radius 2 is 1.87 bits per heavy atom. The second kappa shape index (κ2) is 11.5. The highest BCUT2D eigenvalue weighted by molar-refractivity contribution is 9.10. The second-order valence-electron chi connectivity index (χ2n) is 7.21. The Morgan fingerprint density at radius 1 is 1.13 bits per heavy atom. The molecule has 0 spiro atoms. The van der Waals surface area contributed by atoms with Gasteiger partial charge in [0.1, 0.15) is 6.04 Å². The minimum Gasteiger partial charge on any atom is -0.340 e. The van der Waals surface area contributed by atoms with Gasteiger partial charge in [-0.25, -0.2) is 0 Å². The van der Waals surface area contributed by atoms with E-state index in [1.807, 2.05) is 47.6 Å². The summed E-state index contributed by atoms with van der Waals surface area (Å²) in [5, 5.41) is 2.96. The smallest absolute Gasteiger partial charge is 0.253 e. The lowest BCUT2D eigenvalue weighted by Crippen LogP contribution is -2.55. The van der Waals surface area contributed by atoms with Crippen LogP contribution in [0.2, 0.25) is 0 Å². The van der Waals surface area contributed by atoms with Crippen molar-refractivity contribution in [2.75, 3.05) is 38.2 Å². The Labute approximate surface area is 190 Å².